The highest BCUT2D eigenvalue weighted by atomic mass is 127. The van der Waals surface area contributed by atoms with Crippen molar-refractivity contribution in [2.24, 2.45) is 4.99 Å². The lowest BCUT2D eigenvalue weighted by Gasteiger charge is -2.36. The molecule has 1 aromatic rings. The molecular formula is C23H40IN5O3. The van der Waals surface area contributed by atoms with E-state index >= 15 is 0 Å². The molecule has 182 valence electrons. The smallest absolute Gasteiger partial charge is 0.203 e. The van der Waals surface area contributed by atoms with E-state index in [4.69, 9.17) is 14.2 Å². The summed E-state index contributed by atoms with van der Waals surface area (Å²) >= 11 is 0. The number of likely N-dealkylation sites (N-methyl/N-ethyl adjacent to an activating group) is 1. The number of methoxy groups -OCH3 is 3. The van der Waals surface area contributed by atoms with E-state index in [0.717, 1.165) is 69.9 Å². The number of hydrogen-bond acceptors (Lipinski definition) is 6. The minimum absolute atomic E-state index is 0. The van der Waals surface area contributed by atoms with Crippen LogP contribution in [-0.4, -0.2) is 101 Å². The third-order valence-electron chi connectivity index (χ3n) is 6.17. The van der Waals surface area contributed by atoms with Gasteiger partial charge in [-0.25, -0.2) is 0 Å². The number of aliphatic imine (C=N–C) groups is 1. The van der Waals surface area contributed by atoms with Gasteiger partial charge in [-0.3, -0.25) is 14.8 Å². The second kappa shape index (κ2) is 13.3. The Labute approximate surface area is 210 Å². The van der Waals surface area contributed by atoms with E-state index in [-0.39, 0.29) is 24.0 Å². The normalized spacial score (nSPS) is 17.2. The minimum Gasteiger partial charge on any atom is -0.493 e. The number of rotatable bonds is 10. The van der Waals surface area contributed by atoms with Crippen molar-refractivity contribution < 1.29 is 14.2 Å². The lowest BCUT2D eigenvalue weighted by Crippen LogP contribution is -2.53. The van der Waals surface area contributed by atoms with Gasteiger partial charge in [-0.2, -0.15) is 0 Å². The van der Waals surface area contributed by atoms with Crippen LogP contribution in [0.3, 0.4) is 0 Å². The molecular weight excluding hydrogens is 521 g/mol. The van der Waals surface area contributed by atoms with Gasteiger partial charge in [0, 0.05) is 58.9 Å². The molecule has 0 radical (unpaired) electrons. The second-order valence-electron chi connectivity index (χ2n) is 8.13. The van der Waals surface area contributed by atoms with E-state index in [1.54, 1.807) is 21.3 Å². The van der Waals surface area contributed by atoms with Crippen LogP contribution in [0.15, 0.2) is 17.1 Å². The van der Waals surface area contributed by atoms with Gasteiger partial charge in [0.1, 0.15) is 0 Å². The molecule has 0 spiro atoms. The molecule has 2 fully saturated rings. The lowest BCUT2D eigenvalue weighted by atomic mass is 10.1. The number of nitrogens with zero attached hydrogens (tertiary/aromatic N) is 4. The molecule has 8 nitrogen and oxygen atoms in total. The van der Waals surface area contributed by atoms with Gasteiger partial charge >= 0.3 is 0 Å². The highest BCUT2D eigenvalue weighted by Crippen LogP contribution is 2.38. The predicted octanol–water partition coefficient (Wildman–Crippen LogP) is 2.51. The van der Waals surface area contributed by atoms with Crippen molar-refractivity contribution >= 4 is 29.9 Å². The molecule has 0 aromatic heterocycles. The highest BCUT2D eigenvalue weighted by molar-refractivity contribution is 14.0. The fourth-order valence-electron chi connectivity index (χ4n) is 4.28. The third kappa shape index (κ3) is 7.02. The van der Waals surface area contributed by atoms with Crippen LogP contribution in [0.4, 0.5) is 0 Å². The van der Waals surface area contributed by atoms with E-state index in [1.165, 1.54) is 12.8 Å². The molecule has 3 rings (SSSR count). The molecule has 0 atom stereocenters. The molecule has 1 heterocycles. The highest BCUT2D eigenvalue weighted by Gasteiger charge is 2.27. The second-order valence-corrected chi connectivity index (χ2v) is 8.13. The van der Waals surface area contributed by atoms with Crippen molar-refractivity contribution in [3.8, 4) is 17.2 Å². The molecule has 1 aromatic carbocycles. The van der Waals surface area contributed by atoms with Crippen LogP contribution < -0.4 is 19.5 Å². The molecule has 0 amide bonds. The van der Waals surface area contributed by atoms with Gasteiger partial charge < -0.3 is 24.4 Å². The third-order valence-corrected chi connectivity index (χ3v) is 6.17. The molecule has 32 heavy (non-hydrogen) atoms. The van der Waals surface area contributed by atoms with Gasteiger partial charge in [-0.05, 0) is 37.1 Å². The zero-order valence-electron chi connectivity index (χ0n) is 20.2. The minimum atomic E-state index is 0. The quantitative estimate of drug-likeness (QED) is 0.268. The van der Waals surface area contributed by atoms with Crippen LogP contribution in [0, 0.1) is 0 Å². The summed E-state index contributed by atoms with van der Waals surface area (Å²) in [5, 5.41) is 3.56. The number of benzene rings is 1. The van der Waals surface area contributed by atoms with Crippen molar-refractivity contribution in [3.05, 3.63) is 17.7 Å². The number of halogens is 1. The van der Waals surface area contributed by atoms with Crippen molar-refractivity contribution in [3.63, 3.8) is 0 Å². The van der Waals surface area contributed by atoms with Crippen LogP contribution in [0.1, 0.15) is 25.3 Å². The number of ether oxygens (including phenoxy) is 3. The molecule has 1 saturated carbocycles. The Bertz CT molecular complexity index is 711. The summed E-state index contributed by atoms with van der Waals surface area (Å²) in [6, 6.07) is 4.88. The standard InChI is InChI=1S/C23H39N5O3.HI/c1-6-27(19-7-8-19)10-9-25-23(24-2)28-13-11-26(12-14-28)17-18-15-20(29-3)22(31-5)21(16-18)30-4;/h15-16,19H,6-14,17H2,1-5H3,(H,24,25);1H. The van der Waals surface area contributed by atoms with Crippen LogP contribution in [0.25, 0.3) is 0 Å². The Hall–Kier alpha value is -1.46. The zero-order chi connectivity index (χ0) is 22.2. The number of guanidine groups is 1. The molecule has 1 saturated heterocycles. The van der Waals surface area contributed by atoms with E-state index in [1.807, 2.05) is 19.2 Å². The monoisotopic (exact) mass is 561 g/mol. The first-order chi connectivity index (χ1) is 15.1. The fourth-order valence-corrected chi connectivity index (χ4v) is 4.28. The first-order valence-corrected chi connectivity index (χ1v) is 11.3. The summed E-state index contributed by atoms with van der Waals surface area (Å²) in [6.07, 6.45) is 2.72. The summed E-state index contributed by atoms with van der Waals surface area (Å²) in [5.41, 5.74) is 1.16. The summed E-state index contributed by atoms with van der Waals surface area (Å²) in [5.74, 6) is 3.05. The van der Waals surface area contributed by atoms with Crippen molar-refractivity contribution in [1.29, 1.82) is 0 Å². The zero-order valence-corrected chi connectivity index (χ0v) is 22.6. The number of hydrogen-bond donors (Lipinski definition) is 1. The van der Waals surface area contributed by atoms with Gasteiger partial charge in [-0.15, -0.1) is 24.0 Å². The molecule has 1 aliphatic heterocycles. The summed E-state index contributed by atoms with van der Waals surface area (Å²) in [4.78, 5) is 11.9. The van der Waals surface area contributed by atoms with Crippen molar-refractivity contribution in [2.75, 3.05) is 74.2 Å². The van der Waals surface area contributed by atoms with Gasteiger partial charge in [-0.1, -0.05) is 6.92 Å². The van der Waals surface area contributed by atoms with Gasteiger partial charge in [0.25, 0.3) is 0 Å². The van der Waals surface area contributed by atoms with E-state index < -0.39 is 0 Å². The van der Waals surface area contributed by atoms with E-state index in [9.17, 15) is 0 Å². The van der Waals surface area contributed by atoms with Crippen molar-refractivity contribution in [2.45, 2.75) is 32.4 Å². The Morgan fingerprint density at radius 2 is 1.69 bits per heavy atom. The molecule has 2 aliphatic rings. The Morgan fingerprint density at radius 3 is 2.16 bits per heavy atom. The predicted molar refractivity (Wildman–Crippen MR) is 140 cm³/mol. The Morgan fingerprint density at radius 1 is 1.06 bits per heavy atom. The maximum Gasteiger partial charge on any atom is 0.203 e. The summed E-state index contributed by atoms with van der Waals surface area (Å²) in [7, 11) is 6.82. The molecule has 0 bridgehead atoms. The number of piperazine rings is 1. The number of nitrogens with one attached hydrogen (secondary N) is 1. The largest absolute Gasteiger partial charge is 0.493 e. The summed E-state index contributed by atoms with van der Waals surface area (Å²) < 4.78 is 16.4. The maximum absolute atomic E-state index is 5.49. The topological polar surface area (TPSA) is 61.8 Å². The fraction of sp³-hybridized carbons (Fsp3) is 0.696. The Balaban J connectivity index is 0.00000363. The van der Waals surface area contributed by atoms with Crippen LogP contribution in [0.2, 0.25) is 0 Å². The van der Waals surface area contributed by atoms with Gasteiger partial charge in [0.15, 0.2) is 17.5 Å². The lowest BCUT2D eigenvalue weighted by molar-refractivity contribution is 0.171. The first-order valence-electron chi connectivity index (χ1n) is 11.3. The average molecular weight is 562 g/mol. The first kappa shape index (κ1) is 26.8. The Kier molecular flexibility index (Phi) is 11.1. The van der Waals surface area contributed by atoms with E-state index in [2.05, 4.69) is 31.9 Å². The van der Waals surface area contributed by atoms with Gasteiger partial charge in [0.05, 0.1) is 21.3 Å². The maximum atomic E-state index is 5.49. The molecule has 0 unspecified atom stereocenters. The molecule has 1 N–H and O–H groups in total. The molecule has 1 aliphatic carbocycles. The van der Waals surface area contributed by atoms with Gasteiger partial charge in [0.2, 0.25) is 5.75 Å². The average Bonchev–Trinajstić information content (AvgIpc) is 3.64. The van der Waals surface area contributed by atoms with Crippen LogP contribution >= 0.6 is 24.0 Å². The SMILES string of the molecule is CCN(CCNC(=NC)N1CCN(Cc2cc(OC)c(OC)c(OC)c2)CC1)C1CC1.I. The summed E-state index contributed by atoms with van der Waals surface area (Å²) in [6.45, 7) is 10.2. The van der Waals surface area contributed by atoms with Crippen LogP contribution in [-0.2, 0) is 6.54 Å². The van der Waals surface area contributed by atoms with Crippen LogP contribution in [0.5, 0.6) is 17.2 Å². The van der Waals surface area contributed by atoms with E-state index in [0.29, 0.717) is 17.2 Å². The molecule has 9 heteroatoms. The van der Waals surface area contributed by atoms with Crippen molar-refractivity contribution in [1.82, 2.24) is 20.0 Å².